The number of carbonyl (C=O) groups is 2. The SMILES string of the molecule is COC(=O)CC/C=C\CC[C@H]1C(=O)C[C@@H](O)[C@@H]1/C=C/C[C@@](C)(O)/C=C/C=C(\C)C(F)(F)F. The first kappa shape index (κ1) is 27.8. The topological polar surface area (TPSA) is 83.8 Å². The van der Waals surface area contributed by atoms with Crippen LogP contribution in [0, 0.1) is 11.8 Å². The molecule has 1 fully saturated rings. The number of aliphatic hydroxyl groups excluding tert-OH is 1. The van der Waals surface area contributed by atoms with Crippen LogP contribution in [0.2, 0.25) is 0 Å². The van der Waals surface area contributed by atoms with E-state index in [1.54, 1.807) is 12.2 Å². The van der Waals surface area contributed by atoms with Gasteiger partial charge in [0.2, 0.25) is 0 Å². The molecule has 0 radical (unpaired) electrons. The van der Waals surface area contributed by atoms with Crippen LogP contribution in [0.4, 0.5) is 13.2 Å². The van der Waals surface area contributed by atoms with E-state index in [0.717, 1.165) is 13.0 Å². The molecule has 0 aliphatic heterocycles. The van der Waals surface area contributed by atoms with Gasteiger partial charge in [0.25, 0.3) is 0 Å². The van der Waals surface area contributed by atoms with E-state index in [-0.39, 0.29) is 36.4 Å². The van der Waals surface area contributed by atoms with Gasteiger partial charge in [-0.15, -0.1) is 0 Å². The second-order valence-electron chi connectivity index (χ2n) is 8.28. The molecule has 8 heteroatoms. The summed E-state index contributed by atoms with van der Waals surface area (Å²) in [5, 5.41) is 20.6. The monoisotopic (exact) mass is 458 g/mol. The zero-order valence-electron chi connectivity index (χ0n) is 18.8. The van der Waals surface area contributed by atoms with Crippen molar-refractivity contribution in [3.63, 3.8) is 0 Å². The lowest BCUT2D eigenvalue weighted by molar-refractivity contribution is -0.140. The molecule has 0 aromatic rings. The third-order valence-corrected chi connectivity index (χ3v) is 5.42. The van der Waals surface area contributed by atoms with Gasteiger partial charge >= 0.3 is 12.1 Å². The molecule has 2 N–H and O–H groups in total. The van der Waals surface area contributed by atoms with Crippen LogP contribution < -0.4 is 0 Å². The van der Waals surface area contributed by atoms with Crippen LogP contribution in [0.25, 0.3) is 0 Å². The second kappa shape index (κ2) is 12.7. The van der Waals surface area contributed by atoms with Gasteiger partial charge < -0.3 is 14.9 Å². The largest absolute Gasteiger partial charge is 0.469 e. The Kier molecular flexibility index (Phi) is 11.1. The van der Waals surface area contributed by atoms with Gasteiger partial charge in [-0.05, 0) is 39.5 Å². The minimum absolute atomic E-state index is 0.0190. The first-order valence-electron chi connectivity index (χ1n) is 10.6. The molecule has 1 saturated carbocycles. The Bertz CT molecular complexity index is 747. The van der Waals surface area contributed by atoms with E-state index in [4.69, 9.17) is 0 Å². The Balaban J connectivity index is 2.62. The van der Waals surface area contributed by atoms with E-state index in [1.807, 2.05) is 12.2 Å². The van der Waals surface area contributed by atoms with Crippen LogP contribution in [0.1, 0.15) is 52.4 Å². The number of ether oxygens (including phenoxy) is 1. The number of carbonyl (C=O) groups excluding carboxylic acids is 2. The third-order valence-electron chi connectivity index (χ3n) is 5.42. The molecule has 1 rings (SSSR count). The molecule has 4 atom stereocenters. The molecule has 0 saturated heterocycles. The third kappa shape index (κ3) is 9.96. The highest BCUT2D eigenvalue weighted by Crippen LogP contribution is 2.34. The van der Waals surface area contributed by atoms with Crippen molar-refractivity contribution in [2.24, 2.45) is 11.8 Å². The molecule has 0 aromatic carbocycles. The lowest BCUT2D eigenvalue weighted by Crippen LogP contribution is -2.21. The maximum Gasteiger partial charge on any atom is 0.412 e. The summed E-state index contributed by atoms with van der Waals surface area (Å²) in [5.74, 6) is -1.02. The van der Waals surface area contributed by atoms with Crippen LogP contribution in [0.3, 0.4) is 0 Å². The number of methoxy groups -OCH3 is 1. The van der Waals surface area contributed by atoms with Crippen molar-refractivity contribution in [3.8, 4) is 0 Å². The lowest BCUT2D eigenvalue weighted by atomic mass is 9.88. The molecule has 0 spiro atoms. The zero-order valence-corrected chi connectivity index (χ0v) is 18.8. The van der Waals surface area contributed by atoms with Crippen molar-refractivity contribution in [2.75, 3.05) is 7.11 Å². The number of halogens is 3. The van der Waals surface area contributed by atoms with Gasteiger partial charge in [-0.25, -0.2) is 0 Å². The van der Waals surface area contributed by atoms with Crippen LogP contribution in [0.5, 0.6) is 0 Å². The fraction of sp³-hybridized carbons (Fsp3) is 0.583. The number of hydrogen-bond acceptors (Lipinski definition) is 5. The molecule has 1 aliphatic carbocycles. The Morgan fingerprint density at radius 2 is 1.88 bits per heavy atom. The van der Waals surface area contributed by atoms with Crippen LogP contribution >= 0.6 is 0 Å². The molecular formula is C24H33F3O5. The summed E-state index contributed by atoms with van der Waals surface area (Å²) < 4.78 is 42.1. The van der Waals surface area contributed by atoms with Crippen molar-refractivity contribution in [1.29, 1.82) is 0 Å². The van der Waals surface area contributed by atoms with Gasteiger partial charge in [0, 0.05) is 30.3 Å². The maximum atomic E-state index is 12.5. The van der Waals surface area contributed by atoms with E-state index in [2.05, 4.69) is 4.74 Å². The molecule has 0 aromatic heterocycles. The minimum Gasteiger partial charge on any atom is -0.469 e. The number of alkyl halides is 3. The standard InChI is InChI=1S/C24H33F3O5/c1-17(24(25,26)27)10-8-14-23(2,31)15-9-12-19-18(20(28)16-21(19)29)11-6-4-5-7-13-22(30)32-3/h4-5,8-10,12,14,18-19,21,29,31H,6-7,11,13,15-16H2,1-3H3/b5-4-,12-9+,14-8+,17-10+/t18-,19-,21-,23+/m1/s1. The van der Waals surface area contributed by atoms with Gasteiger partial charge in [-0.2, -0.15) is 13.2 Å². The molecule has 0 amide bonds. The highest BCUT2D eigenvalue weighted by atomic mass is 19.4. The second-order valence-corrected chi connectivity index (χ2v) is 8.28. The van der Waals surface area contributed by atoms with Crippen molar-refractivity contribution in [1.82, 2.24) is 0 Å². The first-order valence-corrected chi connectivity index (χ1v) is 10.6. The number of rotatable bonds is 11. The van der Waals surface area contributed by atoms with Gasteiger partial charge in [0.05, 0.1) is 18.8 Å². The number of esters is 1. The minimum atomic E-state index is -4.41. The summed E-state index contributed by atoms with van der Waals surface area (Å²) in [5.41, 5.74) is -2.14. The maximum absolute atomic E-state index is 12.5. The number of hydrogen-bond donors (Lipinski definition) is 2. The molecule has 180 valence electrons. The molecule has 5 nitrogen and oxygen atoms in total. The van der Waals surface area contributed by atoms with E-state index < -0.39 is 23.5 Å². The van der Waals surface area contributed by atoms with Gasteiger partial charge in [0.1, 0.15) is 5.78 Å². The summed E-state index contributed by atoms with van der Waals surface area (Å²) in [6.07, 6.45) is 7.46. The number of aliphatic hydroxyl groups is 2. The predicted octanol–water partition coefficient (Wildman–Crippen LogP) is 4.60. The van der Waals surface area contributed by atoms with Crippen molar-refractivity contribution in [3.05, 3.63) is 48.1 Å². The molecule has 0 bridgehead atoms. The average Bonchev–Trinajstić information content (AvgIpc) is 2.96. The van der Waals surface area contributed by atoms with E-state index in [9.17, 15) is 33.0 Å². The quantitative estimate of drug-likeness (QED) is 0.269. The summed E-state index contributed by atoms with van der Waals surface area (Å²) in [6, 6.07) is 0. The number of ketones is 1. The molecule has 0 heterocycles. The Hall–Kier alpha value is -2.19. The highest BCUT2D eigenvalue weighted by molar-refractivity contribution is 5.84. The summed E-state index contributed by atoms with van der Waals surface area (Å²) >= 11 is 0. The molecule has 1 aliphatic rings. The smallest absolute Gasteiger partial charge is 0.412 e. The molecule has 32 heavy (non-hydrogen) atoms. The number of allylic oxidation sites excluding steroid dienone is 5. The van der Waals surface area contributed by atoms with Crippen LogP contribution in [-0.4, -0.2) is 47.0 Å². The van der Waals surface area contributed by atoms with Crippen LogP contribution in [-0.2, 0) is 14.3 Å². The summed E-state index contributed by atoms with van der Waals surface area (Å²) in [4.78, 5) is 23.3. The summed E-state index contributed by atoms with van der Waals surface area (Å²) in [7, 11) is 1.33. The van der Waals surface area contributed by atoms with Crippen LogP contribution in [0.15, 0.2) is 48.1 Å². The van der Waals surface area contributed by atoms with Gasteiger partial charge in [-0.1, -0.05) is 42.5 Å². The fourth-order valence-electron chi connectivity index (χ4n) is 3.43. The number of Topliss-reactive ketones (excluding diaryl/α,β-unsaturated/α-hetero) is 1. The highest BCUT2D eigenvalue weighted by Gasteiger charge is 2.39. The average molecular weight is 459 g/mol. The lowest BCUT2D eigenvalue weighted by Gasteiger charge is -2.19. The van der Waals surface area contributed by atoms with Crippen molar-refractivity contribution < 1.29 is 37.7 Å². The van der Waals surface area contributed by atoms with Crippen molar-refractivity contribution in [2.45, 2.75) is 70.3 Å². The predicted molar refractivity (Wildman–Crippen MR) is 116 cm³/mol. The summed E-state index contributed by atoms with van der Waals surface area (Å²) in [6.45, 7) is 2.42. The van der Waals surface area contributed by atoms with Gasteiger partial charge in [-0.3, -0.25) is 9.59 Å². The van der Waals surface area contributed by atoms with Gasteiger partial charge in [0.15, 0.2) is 0 Å². The fourth-order valence-corrected chi connectivity index (χ4v) is 3.43. The molecule has 0 unspecified atom stereocenters. The first-order chi connectivity index (χ1) is 14.9. The zero-order chi connectivity index (χ0) is 24.4. The van der Waals surface area contributed by atoms with E-state index in [0.29, 0.717) is 25.7 Å². The molecular weight excluding hydrogens is 425 g/mol. The van der Waals surface area contributed by atoms with E-state index >= 15 is 0 Å². The Morgan fingerprint density at radius 1 is 1.22 bits per heavy atom. The van der Waals surface area contributed by atoms with E-state index in [1.165, 1.54) is 26.2 Å². The normalized spacial score (nSPS) is 24.7. The van der Waals surface area contributed by atoms with Crippen molar-refractivity contribution >= 4 is 11.8 Å². The Morgan fingerprint density at radius 3 is 2.50 bits per heavy atom. The Labute approximate surface area is 187 Å².